The maximum Gasteiger partial charge on any atom is 0.320 e. The highest BCUT2D eigenvalue weighted by Gasteiger charge is 2.28. The van der Waals surface area contributed by atoms with Gasteiger partial charge in [-0.05, 0) is 64.2 Å². The van der Waals surface area contributed by atoms with Crippen molar-refractivity contribution >= 4 is 6.03 Å². The number of ether oxygens (including phenoxy) is 1. The summed E-state index contributed by atoms with van der Waals surface area (Å²) < 4.78 is 5.69. The zero-order chi connectivity index (χ0) is 15.4. The molecule has 2 atom stereocenters. The second-order valence-corrected chi connectivity index (χ2v) is 6.00. The number of rotatable bonds is 3. The molecule has 2 unspecified atom stereocenters. The summed E-state index contributed by atoms with van der Waals surface area (Å²) in [6.07, 6.45) is 3.36. The fourth-order valence-corrected chi connectivity index (χ4v) is 2.97. The monoisotopic (exact) mass is 290 g/mol. The van der Waals surface area contributed by atoms with Gasteiger partial charge in [0.05, 0.1) is 0 Å². The van der Waals surface area contributed by atoms with Crippen LogP contribution in [0.1, 0.15) is 44.2 Å². The van der Waals surface area contributed by atoms with Crippen molar-refractivity contribution in [2.24, 2.45) is 0 Å². The summed E-state index contributed by atoms with van der Waals surface area (Å²) in [6, 6.07) is 6.52. The molecule has 4 nitrogen and oxygen atoms in total. The largest absolute Gasteiger partial charge is 0.473 e. The van der Waals surface area contributed by atoms with Gasteiger partial charge in [-0.1, -0.05) is 12.1 Å². The topological polar surface area (TPSA) is 41.6 Å². The van der Waals surface area contributed by atoms with E-state index in [1.165, 1.54) is 12.0 Å². The molecule has 116 valence electrons. The molecule has 0 aromatic heterocycles. The molecule has 1 N–H and O–H groups in total. The summed E-state index contributed by atoms with van der Waals surface area (Å²) in [4.78, 5) is 14.2. The molecule has 1 aliphatic rings. The molecule has 2 rings (SSSR count). The molecule has 0 saturated carbocycles. The summed E-state index contributed by atoms with van der Waals surface area (Å²) in [5.74, 6) is 0.829. The number of nitrogens with zero attached hydrogens (tertiary/aromatic N) is 1. The molecule has 2 amide bonds. The van der Waals surface area contributed by atoms with Crippen LogP contribution in [-0.2, 0) is 0 Å². The third kappa shape index (κ3) is 3.69. The minimum absolute atomic E-state index is 0.0278. The van der Waals surface area contributed by atoms with Gasteiger partial charge in [0, 0.05) is 12.1 Å². The van der Waals surface area contributed by atoms with Crippen molar-refractivity contribution in [1.82, 2.24) is 10.2 Å². The van der Waals surface area contributed by atoms with Crippen LogP contribution in [0.5, 0.6) is 5.75 Å². The predicted molar refractivity (Wildman–Crippen MR) is 84.6 cm³/mol. The molecule has 0 aliphatic carbocycles. The van der Waals surface area contributed by atoms with Gasteiger partial charge in [-0.15, -0.1) is 0 Å². The zero-order valence-electron chi connectivity index (χ0n) is 13.5. The molecule has 1 heterocycles. The van der Waals surface area contributed by atoms with Crippen LogP contribution in [0, 0.1) is 13.8 Å². The number of nitrogens with one attached hydrogen (secondary N) is 1. The lowest BCUT2D eigenvalue weighted by Gasteiger charge is -2.38. The first-order valence-electron chi connectivity index (χ1n) is 7.76. The Morgan fingerprint density at radius 1 is 1.29 bits per heavy atom. The molecule has 21 heavy (non-hydrogen) atoms. The first-order chi connectivity index (χ1) is 10.0. The molecular formula is C17H26N2O2. The Morgan fingerprint density at radius 3 is 2.62 bits per heavy atom. The van der Waals surface area contributed by atoms with Crippen molar-refractivity contribution in [1.29, 1.82) is 0 Å². The van der Waals surface area contributed by atoms with Crippen molar-refractivity contribution < 1.29 is 9.53 Å². The van der Waals surface area contributed by atoms with Gasteiger partial charge in [-0.25, -0.2) is 4.79 Å². The minimum Gasteiger partial charge on any atom is -0.473 e. The first kappa shape index (κ1) is 15.7. The predicted octanol–water partition coefficient (Wildman–Crippen LogP) is 3.61. The third-order valence-electron chi connectivity index (χ3n) is 4.43. The number of hydrogen-bond donors (Lipinski definition) is 1. The number of aryl methyl sites for hydroxylation is 1. The lowest BCUT2D eigenvalue weighted by molar-refractivity contribution is 0.117. The fraction of sp³-hybridized carbons (Fsp3) is 0.588. The van der Waals surface area contributed by atoms with Crippen molar-refractivity contribution in [2.75, 3.05) is 6.73 Å². The van der Waals surface area contributed by atoms with E-state index in [1.807, 2.05) is 24.0 Å². The van der Waals surface area contributed by atoms with Crippen molar-refractivity contribution in [3.63, 3.8) is 0 Å². The van der Waals surface area contributed by atoms with E-state index in [9.17, 15) is 4.79 Å². The Balaban J connectivity index is 1.88. The Labute approximate surface area is 127 Å². The quantitative estimate of drug-likeness (QED) is 0.864. The van der Waals surface area contributed by atoms with Crippen LogP contribution in [0.25, 0.3) is 0 Å². The van der Waals surface area contributed by atoms with Crippen LogP contribution in [0.15, 0.2) is 18.2 Å². The smallest absolute Gasteiger partial charge is 0.320 e. The highest BCUT2D eigenvalue weighted by atomic mass is 16.5. The molecule has 1 aliphatic heterocycles. The maximum atomic E-state index is 12.3. The number of urea groups is 1. The van der Waals surface area contributed by atoms with Crippen molar-refractivity contribution in [3.05, 3.63) is 29.3 Å². The lowest BCUT2D eigenvalue weighted by Crippen LogP contribution is -2.52. The van der Waals surface area contributed by atoms with E-state index in [4.69, 9.17) is 4.74 Å². The Kier molecular flexibility index (Phi) is 5.10. The van der Waals surface area contributed by atoms with Crippen molar-refractivity contribution in [2.45, 2.75) is 59.0 Å². The molecule has 0 radical (unpaired) electrons. The van der Waals surface area contributed by atoms with Crippen LogP contribution < -0.4 is 10.1 Å². The van der Waals surface area contributed by atoms with Crippen LogP contribution in [-0.4, -0.2) is 29.7 Å². The van der Waals surface area contributed by atoms with Crippen LogP contribution in [0.2, 0.25) is 0 Å². The molecule has 0 bridgehead atoms. The van der Waals surface area contributed by atoms with Gasteiger partial charge in [-0.2, -0.15) is 0 Å². The van der Waals surface area contributed by atoms with E-state index in [1.54, 1.807) is 0 Å². The summed E-state index contributed by atoms with van der Waals surface area (Å²) in [7, 11) is 0. The number of carbonyl (C=O) groups is 1. The average molecular weight is 290 g/mol. The van der Waals surface area contributed by atoms with E-state index in [0.717, 1.165) is 24.2 Å². The Morgan fingerprint density at radius 2 is 1.95 bits per heavy atom. The maximum absolute atomic E-state index is 12.3. The molecule has 1 aromatic carbocycles. The summed E-state index contributed by atoms with van der Waals surface area (Å²) in [5.41, 5.74) is 2.31. The second kappa shape index (κ2) is 6.83. The molecular weight excluding hydrogens is 264 g/mol. The van der Waals surface area contributed by atoms with E-state index in [2.05, 4.69) is 32.2 Å². The van der Waals surface area contributed by atoms with Gasteiger partial charge in [0.1, 0.15) is 5.75 Å². The number of piperidine rings is 1. The summed E-state index contributed by atoms with van der Waals surface area (Å²) in [5, 5.41) is 2.87. The number of benzene rings is 1. The number of hydrogen-bond acceptors (Lipinski definition) is 2. The Hall–Kier alpha value is -1.71. The van der Waals surface area contributed by atoms with Gasteiger partial charge in [0.2, 0.25) is 0 Å². The number of amides is 2. The van der Waals surface area contributed by atoms with Crippen LogP contribution >= 0.6 is 0 Å². The van der Waals surface area contributed by atoms with Gasteiger partial charge in [0.15, 0.2) is 6.73 Å². The second-order valence-electron chi connectivity index (χ2n) is 6.00. The summed E-state index contributed by atoms with van der Waals surface area (Å²) in [6.45, 7) is 8.51. The lowest BCUT2D eigenvalue weighted by atomic mass is 9.98. The third-order valence-corrected chi connectivity index (χ3v) is 4.43. The molecule has 1 saturated heterocycles. The van der Waals surface area contributed by atoms with E-state index in [-0.39, 0.29) is 12.8 Å². The highest BCUT2D eigenvalue weighted by molar-refractivity contribution is 5.74. The first-order valence-corrected chi connectivity index (χ1v) is 7.76. The Bertz CT molecular complexity index is 492. The van der Waals surface area contributed by atoms with E-state index >= 15 is 0 Å². The summed E-state index contributed by atoms with van der Waals surface area (Å²) >= 11 is 0. The number of likely N-dealkylation sites (tertiary alicyclic amines) is 1. The molecule has 0 spiro atoms. The molecule has 1 fully saturated rings. The zero-order valence-corrected chi connectivity index (χ0v) is 13.5. The van der Waals surface area contributed by atoms with Crippen LogP contribution in [0.4, 0.5) is 4.79 Å². The van der Waals surface area contributed by atoms with Gasteiger partial charge >= 0.3 is 6.03 Å². The molecule has 1 aromatic rings. The van der Waals surface area contributed by atoms with Crippen molar-refractivity contribution in [3.8, 4) is 5.75 Å². The normalized spacial score (nSPS) is 22.0. The minimum atomic E-state index is -0.0278. The van der Waals surface area contributed by atoms with Gasteiger partial charge in [0.25, 0.3) is 0 Å². The SMILES string of the molecule is Cc1cccc(OCNC(=O)N2C(C)CCCC2C)c1C. The highest BCUT2D eigenvalue weighted by Crippen LogP contribution is 2.23. The van der Waals surface area contributed by atoms with Gasteiger partial charge in [-0.3, -0.25) is 0 Å². The van der Waals surface area contributed by atoms with E-state index in [0.29, 0.717) is 12.1 Å². The fourth-order valence-electron chi connectivity index (χ4n) is 2.97. The van der Waals surface area contributed by atoms with E-state index < -0.39 is 0 Å². The van der Waals surface area contributed by atoms with Crippen LogP contribution in [0.3, 0.4) is 0 Å². The molecule has 4 heteroatoms. The van der Waals surface area contributed by atoms with Gasteiger partial charge < -0.3 is 15.0 Å². The number of carbonyl (C=O) groups excluding carboxylic acids is 1. The standard InChI is InChI=1S/C17H26N2O2/c1-12-7-5-10-16(15(12)4)21-11-18-17(20)19-13(2)8-6-9-14(19)3/h5,7,10,13-14H,6,8-9,11H2,1-4H3,(H,18,20). The average Bonchev–Trinajstić information content (AvgIpc) is 2.43.